The smallest absolute Gasteiger partial charge is 0.138 e. The molecule has 2 aromatic rings. The van der Waals surface area contributed by atoms with Crippen molar-refractivity contribution in [3.63, 3.8) is 0 Å². The Morgan fingerprint density at radius 2 is 2.46 bits per heavy atom. The van der Waals surface area contributed by atoms with Gasteiger partial charge in [-0.05, 0) is 12.1 Å². The summed E-state index contributed by atoms with van der Waals surface area (Å²) >= 11 is 5.82. The van der Waals surface area contributed by atoms with E-state index in [4.69, 9.17) is 16.3 Å². The topological polar surface area (TPSA) is 26.5 Å². The molecule has 0 N–H and O–H groups in total. The predicted octanol–water partition coefficient (Wildman–Crippen LogP) is 2.13. The summed E-state index contributed by atoms with van der Waals surface area (Å²) in [6, 6.07) is 3.65. The highest BCUT2D eigenvalue weighted by molar-refractivity contribution is 6.30. The van der Waals surface area contributed by atoms with Crippen molar-refractivity contribution in [3.05, 3.63) is 35.2 Å². The minimum absolute atomic E-state index is 0.527. The molecule has 0 aliphatic carbocycles. The lowest BCUT2D eigenvalue weighted by atomic mass is 10.5. The van der Waals surface area contributed by atoms with Crippen LogP contribution in [-0.4, -0.2) is 16.5 Å². The number of halogens is 1. The number of nitrogens with zero attached hydrogens (tertiary/aromatic N) is 2. The van der Waals surface area contributed by atoms with Gasteiger partial charge in [-0.2, -0.15) is 0 Å². The normalized spacial score (nSPS) is 10.9. The summed E-state index contributed by atoms with van der Waals surface area (Å²) in [6.45, 7) is 0.527. The molecule has 0 unspecified atom stereocenters. The number of methoxy groups -OCH3 is 1. The molecule has 0 aliphatic rings. The number of aromatic nitrogens is 2. The molecule has 2 aromatic heterocycles. The Morgan fingerprint density at radius 3 is 3.23 bits per heavy atom. The van der Waals surface area contributed by atoms with E-state index < -0.39 is 0 Å². The summed E-state index contributed by atoms with van der Waals surface area (Å²) in [4.78, 5) is 4.32. The van der Waals surface area contributed by atoms with Crippen LogP contribution in [-0.2, 0) is 11.3 Å². The summed E-state index contributed by atoms with van der Waals surface area (Å²) in [5.74, 6) is 0. The predicted molar refractivity (Wildman–Crippen MR) is 50.9 cm³/mol. The first-order chi connectivity index (χ1) is 6.29. The molecule has 2 heterocycles. The van der Waals surface area contributed by atoms with Crippen LogP contribution in [0.3, 0.4) is 0 Å². The lowest BCUT2D eigenvalue weighted by molar-refractivity contribution is 0.182. The van der Waals surface area contributed by atoms with Crippen molar-refractivity contribution >= 4 is 17.2 Å². The molecular weight excluding hydrogens is 188 g/mol. The van der Waals surface area contributed by atoms with Crippen LogP contribution >= 0.6 is 11.6 Å². The van der Waals surface area contributed by atoms with Crippen LogP contribution in [0, 0.1) is 0 Å². The van der Waals surface area contributed by atoms with Gasteiger partial charge in [-0.15, -0.1) is 0 Å². The third kappa shape index (κ3) is 1.66. The molecule has 0 fully saturated rings. The van der Waals surface area contributed by atoms with Crippen LogP contribution in [0.15, 0.2) is 24.5 Å². The van der Waals surface area contributed by atoms with Crippen LogP contribution < -0.4 is 0 Å². The van der Waals surface area contributed by atoms with Crippen molar-refractivity contribution in [1.82, 2.24) is 9.38 Å². The summed E-state index contributed by atoms with van der Waals surface area (Å²) in [5, 5.41) is 0.696. The standard InChI is InChI=1S/C9H9ClN2O/c1-13-6-8-5-12-3-2-7(10)4-9(12)11-8/h2-5H,6H2,1H3. The molecule has 0 spiro atoms. The summed E-state index contributed by atoms with van der Waals surface area (Å²) in [5.41, 5.74) is 1.75. The van der Waals surface area contributed by atoms with Gasteiger partial charge in [-0.25, -0.2) is 4.98 Å². The molecule has 3 nitrogen and oxygen atoms in total. The molecule has 0 aromatic carbocycles. The van der Waals surface area contributed by atoms with Crippen LogP contribution in [0.5, 0.6) is 0 Å². The van der Waals surface area contributed by atoms with Crippen molar-refractivity contribution in [2.75, 3.05) is 7.11 Å². The molecule has 0 atom stereocenters. The van der Waals surface area contributed by atoms with Crippen LogP contribution in [0.1, 0.15) is 5.69 Å². The van der Waals surface area contributed by atoms with Crippen LogP contribution in [0.2, 0.25) is 5.02 Å². The molecule has 13 heavy (non-hydrogen) atoms. The van der Waals surface area contributed by atoms with Gasteiger partial charge in [0.25, 0.3) is 0 Å². The molecule has 0 aliphatic heterocycles. The summed E-state index contributed by atoms with van der Waals surface area (Å²) in [6.07, 6.45) is 3.80. The molecule has 0 bridgehead atoms. The largest absolute Gasteiger partial charge is 0.378 e. The van der Waals surface area contributed by atoms with E-state index in [9.17, 15) is 0 Å². The Labute approximate surface area is 80.9 Å². The van der Waals surface area contributed by atoms with Gasteiger partial charge >= 0.3 is 0 Å². The Bertz CT molecular complexity index is 424. The second-order valence-electron chi connectivity index (χ2n) is 2.78. The maximum atomic E-state index is 5.82. The lowest BCUT2D eigenvalue weighted by Crippen LogP contribution is -1.85. The minimum atomic E-state index is 0.527. The van der Waals surface area contributed by atoms with Crippen molar-refractivity contribution in [1.29, 1.82) is 0 Å². The number of hydrogen-bond donors (Lipinski definition) is 0. The molecule has 2 rings (SSSR count). The second-order valence-corrected chi connectivity index (χ2v) is 3.21. The monoisotopic (exact) mass is 196 g/mol. The Morgan fingerprint density at radius 1 is 1.62 bits per heavy atom. The van der Waals surface area contributed by atoms with Gasteiger partial charge in [0.1, 0.15) is 5.65 Å². The van der Waals surface area contributed by atoms with E-state index >= 15 is 0 Å². The number of ether oxygens (including phenoxy) is 1. The fourth-order valence-electron chi connectivity index (χ4n) is 1.23. The first-order valence-electron chi connectivity index (χ1n) is 3.91. The molecule has 68 valence electrons. The quantitative estimate of drug-likeness (QED) is 0.736. The van der Waals surface area contributed by atoms with E-state index in [0.29, 0.717) is 11.6 Å². The zero-order chi connectivity index (χ0) is 9.26. The van der Waals surface area contributed by atoms with E-state index in [1.807, 2.05) is 28.9 Å². The number of pyridine rings is 1. The highest BCUT2D eigenvalue weighted by Crippen LogP contribution is 2.12. The average Bonchev–Trinajstić information content (AvgIpc) is 2.46. The van der Waals surface area contributed by atoms with E-state index in [1.54, 1.807) is 7.11 Å². The summed E-state index contributed by atoms with van der Waals surface area (Å²) < 4.78 is 6.90. The van der Waals surface area contributed by atoms with E-state index in [0.717, 1.165) is 11.3 Å². The van der Waals surface area contributed by atoms with Gasteiger partial charge < -0.3 is 9.14 Å². The minimum Gasteiger partial charge on any atom is -0.378 e. The Hall–Kier alpha value is -1.06. The third-order valence-electron chi connectivity index (χ3n) is 1.76. The maximum Gasteiger partial charge on any atom is 0.138 e. The van der Waals surface area contributed by atoms with Gasteiger partial charge in [0.05, 0.1) is 12.3 Å². The fraction of sp³-hybridized carbons (Fsp3) is 0.222. The van der Waals surface area contributed by atoms with Gasteiger partial charge in [0.2, 0.25) is 0 Å². The van der Waals surface area contributed by atoms with Crippen molar-refractivity contribution in [2.24, 2.45) is 0 Å². The molecular formula is C9H9ClN2O. The Kier molecular flexibility index (Phi) is 2.20. The van der Waals surface area contributed by atoms with Crippen LogP contribution in [0.25, 0.3) is 5.65 Å². The van der Waals surface area contributed by atoms with Gasteiger partial charge in [0, 0.05) is 24.5 Å². The Balaban J connectivity index is 2.49. The highest BCUT2D eigenvalue weighted by atomic mass is 35.5. The van der Waals surface area contributed by atoms with Crippen molar-refractivity contribution in [3.8, 4) is 0 Å². The van der Waals surface area contributed by atoms with E-state index in [2.05, 4.69) is 4.98 Å². The third-order valence-corrected chi connectivity index (χ3v) is 2.00. The number of fused-ring (bicyclic) bond motifs is 1. The van der Waals surface area contributed by atoms with Crippen LogP contribution in [0.4, 0.5) is 0 Å². The number of imidazole rings is 1. The van der Waals surface area contributed by atoms with E-state index in [1.165, 1.54) is 0 Å². The summed E-state index contributed by atoms with van der Waals surface area (Å²) in [7, 11) is 1.65. The molecule has 0 saturated carbocycles. The average molecular weight is 197 g/mol. The van der Waals surface area contributed by atoms with Gasteiger partial charge in [-0.1, -0.05) is 11.6 Å². The molecule has 0 radical (unpaired) electrons. The SMILES string of the molecule is COCc1cn2ccc(Cl)cc2n1. The lowest BCUT2D eigenvalue weighted by Gasteiger charge is -1.90. The molecule has 0 amide bonds. The zero-order valence-electron chi connectivity index (χ0n) is 7.20. The first kappa shape index (κ1) is 8.53. The number of rotatable bonds is 2. The maximum absolute atomic E-state index is 5.82. The number of hydrogen-bond acceptors (Lipinski definition) is 2. The second kappa shape index (κ2) is 3.36. The van der Waals surface area contributed by atoms with Crippen molar-refractivity contribution < 1.29 is 4.74 Å². The molecule has 4 heteroatoms. The zero-order valence-corrected chi connectivity index (χ0v) is 7.95. The van der Waals surface area contributed by atoms with Crippen molar-refractivity contribution in [2.45, 2.75) is 6.61 Å². The fourth-order valence-corrected chi connectivity index (χ4v) is 1.38. The van der Waals surface area contributed by atoms with E-state index in [-0.39, 0.29) is 0 Å². The van der Waals surface area contributed by atoms with Gasteiger partial charge in [-0.3, -0.25) is 0 Å². The highest BCUT2D eigenvalue weighted by Gasteiger charge is 2.00. The molecule has 0 saturated heterocycles. The van der Waals surface area contributed by atoms with Gasteiger partial charge in [0.15, 0.2) is 0 Å². The first-order valence-corrected chi connectivity index (χ1v) is 4.29.